The monoisotopic (exact) mass is 295 g/mol. The normalized spacial score (nSPS) is 10.6. The summed E-state index contributed by atoms with van der Waals surface area (Å²) in [6, 6.07) is 9.50. The molecule has 0 fully saturated rings. The molecule has 2 aromatic rings. The van der Waals surface area contributed by atoms with Crippen molar-refractivity contribution in [1.29, 1.82) is 0 Å². The smallest absolute Gasteiger partial charge is 0.162 e. The summed E-state index contributed by atoms with van der Waals surface area (Å²) in [6.07, 6.45) is 0. The van der Waals surface area contributed by atoms with Gasteiger partial charge in [-0.25, -0.2) is 8.78 Å². The molecule has 2 rings (SSSR count). The Labute approximate surface area is 120 Å². The fourth-order valence-electron chi connectivity index (χ4n) is 1.71. The van der Waals surface area contributed by atoms with Crippen LogP contribution in [0.25, 0.3) is 0 Å². The van der Waals surface area contributed by atoms with Crippen LogP contribution in [-0.4, -0.2) is 6.61 Å². The predicted octanol–water partition coefficient (Wildman–Crippen LogP) is 4.24. The second-order valence-corrected chi connectivity index (χ2v) is 5.15. The number of anilines is 1. The molecule has 0 radical (unpaired) electrons. The lowest BCUT2D eigenvalue weighted by molar-refractivity contribution is 0.339. The summed E-state index contributed by atoms with van der Waals surface area (Å²) in [5.41, 5.74) is 6.78. The molecule has 2 N–H and O–H groups in total. The summed E-state index contributed by atoms with van der Waals surface area (Å²) < 4.78 is 32.1. The highest BCUT2D eigenvalue weighted by atomic mass is 32.2. The molecule has 106 valence electrons. The van der Waals surface area contributed by atoms with Gasteiger partial charge in [0, 0.05) is 21.9 Å². The number of ether oxygens (including phenoxy) is 1. The fourth-order valence-corrected chi connectivity index (χ4v) is 2.68. The van der Waals surface area contributed by atoms with E-state index in [1.807, 2.05) is 6.92 Å². The van der Waals surface area contributed by atoms with Crippen LogP contribution in [0.5, 0.6) is 5.75 Å². The second-order valence-electron chi connectivity index (χ2n) is 4.13. The average Bonchev–Trinajstić information content (AvgIpc) is 2.44. The number of nitrogens with two attached hydrogens (primary N) is 1. The number of thioether (sulfide) groups is 1. The van der Waals surface area contributed by atoms with Crippen LogP contribution in [-0.2, 0) is 5.75 Å². The van der Waals surface area contributed by atoms with Crippen LogP contribution in [0, 0.1) is 11.6 Å². The van der Waals surface area contributed by atoms with E-state index in [2.05, 4.69) is 0 Å². The standard InChI is InChI=1S/C15H15F2NOS/c1-2-19-11-6-7-13(18)14(8-11)20-9-10-4-3-5-12(16)15(10)17/h3-8H,2,9,18H2,1H3. The Kier molecular flexibility index (Phi) is 4.84. The Bertz CT molecular complexity index is 604. The van der Waals surface area contributed by atoms with E-state index >= 15 is 0 Å². The zero-order valence-electron chi connectivity index (χ0n) is 11.0. The maximum Gasteiger partial charge on any atom is 0.162 e. The van der Waals surface area contributed by atoms with Gasteiger partial charge in [0.25, 0.3) is 0 Å². The molecular formula is C15H15F2NOS. The molecule has 2 nitrogen and oxygen atoms in total. The highest BCUT2D eigenvalue weighted by molar-refractivity contribution is 7.98. The van der Waals surface area contributed by atoms with Crippen molar-refractivity contribution >= 4 is 17.4 Å². The molecule has 5 heteroatoms. The van der Waals surface area contributed by atoms with Crippen LogP contribution in [0.2, 0.25) is 0 Å². The average molecular weight is 295 g/mol. The molecule has 0 heterocycles. The molecular weight excluding hydrogens is 280 g/mol. The first-order chi connectivity index (χ1) is 9.61. The minimum absolute atomic E-state index is 0.309. The number of rotatable bonds is 5. The first kappa shape index (κ1) is 14.7. The topological polar surface area (TPSA) is 35.2 Å². The number of nitrogen functional groups attached to an aromatic ring is 1. The minimum atomic E-state index is -0.834. The fraction of sp³-hybridized carbons (Fsp3) is 0.200. The molecule has 0 spiro atoms. The van der Waals surface area contributed by atoms with Crippen molar-refractivity contribution in [2.24, 2.45) is 0 Å². The highest BCUT2D eigenvalue weighted by Crippen LogP contribution is 2.32. The van der Waals surface area contributed by atoms with Crippen molar-refractivity contribution in [3.05, 3.63) is 53.6 Å². The van der Waals surface area contributed by atoms with E-state index in [0.717, 1.165) is 11.0 Å². The summed E-state index contributed by atoms with van der Waals surface area (Å²) >= 11 is 1.35. The predicted molar refractivity (Wildman–Crippen MR) is 77.9 cm³/mol. The molecule has 0 aliphatic rings. The molecule has 0 unspecified atom stereocenters. The minimum Gasteiger partial charge on any atom is -0.494 e. The molecule has 0 aliphatic heterocycles. The van der Waals surface area contributed by atoms with Gasteiger partial charge in [0.1, 0.15) is 5.75 Å². The molecule has 0 atom stereocenters. The van der Waals surface area contributed by atoms with Crippen LogP contribution in [0.15, 0.2) is 41.3 Å². The Morgan fingerprint density at radius 2 is 2.00 bits per heavy atom. The van der Waals surface area contributed by atoms with Crippen molar-refractivity contribution < 1.29 is 13.5 Å². The maximum absolute atomic E-state index is 13.6. The third kappa shape index (κ3) is 3.42. The second kappa shape index (κ2) is 6.61. The van der Waals surface area contributed by atoms with Gasteiger partial charge in [-0.15, -0.1) is 11.8 Å². The number of benzene rings is 2. The Balaban J connectivity index is 2.14. The quantitative estimate of drug-likeness (QED) is 0.662. The van der Waals surface area contributed by atoms with Gasteiger partial charge in [-0.3, -0.25) is 0 Å². The van der Waals surface area contributed by atoms with Gasteiger partial charge >= 0.3 is 0 Å². The van der Waals surface area contributed by atoms with E-state index in [0.29, 0.717) is 29.4 Å². The largest absolute Gasteiger partial charge is 0.494 e. The van der Waals surface area contributed by atoms with Crippen LogP contribution in [0.3, 0.4) is 0 Å². The van der Waals surface area contributed by atoms with Gasteiger partial charge in [0.05, 0.1) is 6.61 Å². The molecule has 2 aromatic carbocycles. The van der Waals surface area contributed by atoms with E-state index in [1.165, 1.54) is 17.8 Å². The summed E-state index contributed by atoms with van der Waals surface area (Å²) in [7, 11) is 0. The molecule has 20 heavy (non-hydrogen) atoms. The summed E-state index contributed by atoms with van der Waals surface area (Å²) in [4.78, 5) is 0.791. The zero-order valence-corrected chi connectivity index (χ0v) is 11.8. The lowest BCUT2D eigenvalue weighted by Crippen LogP contribution is -1.95. The maximum atomic E-state index is 13.6. The van der Waals surface area contributed by atoms with Crippen LogP contribution < -0.4 is 10.5 Å². The van der Waals surface area contributed by atoms with Crippen molar-refractivity contribution in [3.8, 4) is 5.75 Å². The molecule has 0 aliphatic carbocycles. The van der Waals surface area contributed by atoms with E-state index in [-0.39, 0.29) is 0 Å². The van der Waals surface area contributed by atoms with Gasteiger partial charge in [-0.1, -0.05) is 12.1 Å². The number of halogens is 2. The van der Waals surface area contributed by atoms with E-state index < -0.39 is 11.6 Å². The van der Waals surface area contributed by atoms with Gasteiger partial charge in [0.15, 0.2) is 11.6 Å². The van der Waals surface area contributed by atoms with E-state index in [9.17, 15) is 8.78 Å². The summed E-state index contributed by atoms with van der Waals surface area (Å²) in [5.74, 6) is -0.619. The Morgan fingerprint density at radius 1 is 1.20 bits per heavy atom. The van der Waals surface area contributed by atoms with Crippen molar-refractivity contribution in [3.63, 3.8) is 0 Å². The molecule has 0 amide bonds. The Hall–Kier alpha value is -1.75. The van der Waals surface area contributed by atoms with Gasteiger partial charge in [-0.05, 0) is 31.2 Å². The Morgan fingerprint density at radius 3 is 2.75 bits per heavy atom. The van der Waals surface area contributed by atoms with Crippen LogP contribution in [0.1, 0.15) is 12.5 Å². The number of hydrogen-bond donors (Lipinski definition) is 1. The summed E-state index contributed by atoms with van der Waals surface area (Å²) in [6.45, 7) is 2.46. The van der Waals surface area contributed by atoms with Crippen LogP contribution >= 0.6 is 11.8 Å². The van der Waals surface area contributed by atoms with E-state index in [1.54, 1.807) is 24.3 Å². The lowest BCUT2D eigenvalue weighted by Gasteiger charge is -2.09. The van der Waals surface area contributed by atoms with Gasteiger partial charge in [0.2, 0.25) is 0 Å². The molecule has 0 saturated heterocycles. The first-order valence-corrected chi connectivity index (χ1v) is 7.18. The van der Waals surface area contributed by atoms with Crippen molar-refractivity contribution in [2.75, 3.05) is 12.3 Å². The van der Waals surface area contributed by atoms with Gasteiger partial charge in [-0.2, -0.15) is 0 Å². The molecule has 0 saturated carbocycles. The van der Waals surface area contributed by atoms with Gasteiger partial charge < -0.3 is 10.5 Å². The molecule has 0 bridgehead atoms. The SMILES string of the molecule is CCOc1ccc(N)c(SCc2cccc(F)c2F)c1. The van der Waals surface area contributed by atoms with Crippen molar-refractivity contribution in [1.82, 2.24) is 0 Å². The zero-order chi connectivity index (χ0) is 14.5. The molecule has 0 aromatic heterocycles. The first-order valence-electron chi connectivity index (χ1n) is 6.19. The van der Waals surface area contributed by atoms with E-state index in [4.69, 9.17) is 10.5 Å². The van der Waals surface area contributed by atoms with Crippen molar-refractivity contribution in [2.45, 2.75) is 17.6 Å². The third-order valence-electron chi connectivity index (χ3n) is 2.71. The highest BCUT2D eigenvalue weighted by Gasteiger charge is 2.09. The summed E-state index contributed by atoms with van der Waals surface area (Å²) in [5, 5.41) is 0. The van der Waals surface area contributed by atoms with Crippen LogP contribution in [0.4, 0.5) is 14.5 Å². The number of hydrogen-bond acceptors (Lipinski definition) is 3. The third-order valence-corrected chi connectivity index (χ3v) is 3.83. The lowest BCUT2D eigenvalue weighted by atomic mass is 10.2.